The fourth-order valence-corrected chi connectivity index (χ4v) is 4.13. The molecule has 3 amide bonds. The molecule has 2 N–H and O–H groups in total. The van der Waals surface area contributed by atoms with Crippen LogP contribution < -0.4 is 10.6 Å². The van der Waals surface area contributed by atoms with Crippen molar-refractivity contribution in [3.05, 3.63) is 60.4 Å². The summed E-state index contributed by atoms with van der Waals surface area (Å²) in [4.78, 5) is 33.8. The highest BCUT2D eigenvalue weighted by molar-refractivity contribution is 5.89. The Hall–Kier alpha value is -2.93. The quantitative estimate of drug-likeness (QED) is 0.840. The van der Waals surface area contributed by atoms with E-state index in [9.17, 15) is 9.59 Å². The second-order valence-electron chi connectivity index (χ2n) is 7.60. The first-order valence-electron chi connectivity index (χ1n) is 10.2. The number of hydrogen-bond acceptors (Lipinski definition) is 4. The van der Waals surface area contributed by atoms with Crippen molar-refractivity contribution in [2.24, 2.45) is 5.92 Å². The first kappa shape index (κ1) is 19.4. The highest BCUT2D eigenvalue weighted by Crippen LogP contribution is 2.27. The number of nitrogens with one attached hydrogen (secondary N) is 2. The van der Waals surface area contributed by atoms with Crippen molar-refractivity contribution in [2.45, 2.75) is 18.9 Å². The Kier molecular flexibility index (Phi) is 6.05. The summed E-state index contributed by atoms with van der Waals surface area (Å²) in [5.41, 5.74) is 1.85. The number of para-hydroxylation sites is 1. The number of nitrogens with zero attached hydrogens (tertiary/aromatic N) is 3. The van der Waals surface area contributed by atoms with E-state index in [0.29, 0.717) is 32.5 Å². The van der Waals surface area contributed by atoms with Crippen LogP contribution in [-0.4, -0.2) is 59.4 Å². The van der Waals surface area contributed by atoms with E-state index >= 15 is 0 Å². The molecule has 0 spiro atoms. The third-order valence-electron chi connectivity index (χ3n) is 5.75. The summed E-state index contributed by atoms with van der Waals surface area (Å²) in [6.07, 6.45) is 4.99. The Balaban J connectivity index is 1.35. The minimum atomic E-state index is -0.0995. The predicted octanol–water partition coefficient (Wildman–Crippen LogP) is 2.50. The zero-order valence-corrected chi connectivity index (χ0v) is 16.5. The van der Waals surface area contributed by atoms with Gasteiger partial charge in [0.25, 0.3) is 0 Å². The van der Waals surface area contributed by atoms with E-state index in [1.807, 2.05) is 53.6 Å². The Morgan fingerprint density at radius 3 is 2.55 bits per heavy atom. The lowest BCUT2D eigenvalue weighted by Gasteiger charge is -2.40. The van der Waals surface area contributed by atoms with Crippen LogP contribution in [-0.2, 0) is 4.79 Å². The summed E-state index contributed by atoms with van der Waals surface area (Å²) in [7, 11) is 0. The van der Waals surface area contributed by atoms with Crippen LogP contribution in [0.2, 0.25) is 0 Å². The van der Waals surface area contributed by atoms with Gasteiger partial charge in [-0.05, 0) is 36.6 Å². The number of piperidine rings is 1. The van der Waals surface area contributed by atoms with Gasteiger partial charge in [0.15, 0.2) is 0 Å². The molecule has 0 aliphatic carbocycles. The second kappa shape index (κ2) is 9.05. The molecule has 4 rings (SSSR count). The average molecular weight is 393 g/mol. The van der Waals surface area contributed by atoms with Crippen molar-refractivity contribution in [1.82, 2.24) is 20.1 Å². The number of amides is 3. The summed E-state index contributed by atoms with van der Waals surface area (Å²) in [6.45, 7) is 3.45. The number of piperazine rings is 1. The van der Waals surface area contributed by atoms with Gasteiger partial charge in [-0.2, -0.15) is 0 Å². The van der Waals surface area contributed by atoms with Crippen LogP contribution in [0.4, 0.5) is 10.5 Å². The van der Waals surface area contributed by atoms with Crippen LogP contribution in [0.1, 0.15) is 24.4 Å². The number of benzene rings is 1. The lowest BCUT2D eigenvalue weighted by molar-refractivity contribution is -0.140. The Morgan fingerprint density at radius 1 is 1.03 bits per heavy atom. The number of anilines is 1. The molecule has 29 heavy (non-hydrogen) atoms. The van der Waals surface area contributed by atoms with Crippen molar-refractivity contribution in [3.8, 4) is 0 Å². The Bertz CT molecular complexity index is 822. The summed E-state index contributed by atoms with van der Waals surface area (Å²) >= 11 is 0. The molecular weight excluding hydrogens is 366 g/mol. The monoisotopic (exact) mass is 393 g/mol. The standard InChI is InChI=1S/C22H27N5O2/c28-21(27-14-11-24-16-20(27)18-5-4-10-23-15-18)17-8-12-26(13-9-17)22(29)25-19-6-2-1-3-7-19/h1-7,10,15,17,20,24H,8-9,11-14,16H2,(H,25,29). The van der Waals surface area contributed by atoms with Gasteiger partial charge in [-0.3, -0.25) is 9.78 Å². The lowest BCUT2D eigenvalue weighted by Crippen LogP contribution is -2.52. The van der Waals surface area contributed by atoms with E-state index in [4.69, 9.17) is 0 Å². The maximum Gasteiger partial charge on any atom is 0.321 e. The number of aromatic nitrogens is 1. The van der Waals surface area contributed by atoms with Gasteiger partial charge in [0.05, 0.1) is 6.04 Å². The van der Waals surface area contributed by atoms with Gasteiger partial charge >= 0.3 is 6.03 Å². The number of hydrogen-bond donors (Lipinski definition) is 2. The van der Waals surface area contributed by atoms with E-state index in [2.05, 4.69) is 15.6 Å². The minimum Gasteiger partial charge on any atom is -0.333 e. The average Bonchev–Trinajstić information content (AvgIpc) is 2.80. The summed E-state index contributed by atoms with van der Waals surface area (Å²) < 4.78 is 0. The molecule has 1 unspecified atom stereocenters. The number of carbonyl (C=O) groups is 2. The van der Waals surface area contributed by atoms with Gasteiger partial charge in [-0.15, -0.1) is 0 Å². The van der Waals surface area contributed by atoms with Crippen molar-refractivity contribution < 1.29 is 9.59 Å². The van der Waals surface area contributed by atoms with E-state index in [0.717, 1.165) is 24.3 Å². The molecule has 3 heterocycles. The molecule has 0 radical (unpaired) electrons. The van der Waals surface area contributed by atoms with Crippen molar-refractivity contribution in [1.29, 1.82) is 0 Å². The minimum absolute atomic E-state index is 0.0179. The molecule has 2 aliphatic heterocycles. The molecule has 1 aromatic heterocycles. The van der Waals surface area contributed by atoms with Crippen LogP contribution in [0.3, 0.4) is 0 Å². The molecule has 7 nitrogen and oxygen atoms in total. The van der Waals surface area contributed by atoms with E-state index in [1.165, 1.54) is 0 Å². The number of urea groups is 1. The Morgan fingerprint density at radius 2 is 1.83 bits per heavy atom. The van der Waals surface area contributed by atoms with Crippen LogP contribution in [0, 0.1) is 5.92 Å². The zero-order valence-electron chi connectivity index (χ0n) is 16.5. The molecule has 2 fully saturated rings. The van der Waals surface area contributed by atoms with E-state index in [-0.39, 0.29) is 23.9 Å². The summed E-state index contributed by atoms with van der Waals surface area (Å²) in [5, 5.41) is 6.31. The number of carbonyl (C=O) groups excluding carboxylic acids is 2. The van der Waals surface area contributed by atoms with E-state index < -0.39 is 0 Å². The van der Waals surface area contributed by atoms with Crippen molar-refractivity contribution in [3.63, 3.8) is 0 Å². The zero-order chi connectivity index (χ0) is 20.1. The molecule has 2 saturated heterocycles. The van der Waals surface area contributed by atoms with Gasteiger partial charge in [-0.25, -0.2) is 4.79 Å². The molecule has 2 aliphatic rings. The molecule has 0 saturated carbocycles. The highest BCUT2D eigenvalue weighted by atomic mass is 16.2. The molecule has 2 aromatic rings. The van der Waals surface area contributed by atoms with Gasteiger partial charge in [0.2, 0.25) is 5.91 Å². The first-order chi connectivity index (χ1) is 14.2. The van der Waals surface area contributed by atoms with Crippen LogP contribution in [0.5, 0.6) is 0 Å². The number of pyridine rings is 1. The fraction of sp³-hybridized carbons (Fsp3) is 0.409. The van der Waals surface area contributed by atoms with Crippen molar-refractivity contribution >= 4 is 17.6 Å². The highest BCUT2D eigenvalue weighted by Gasteiger charge is 2.35. The molecule has 0 bridgehead atoms. The fourth-order valence-electron chi connectivity index (χ4n) is 4.13. The van der Waals surface area contributed by atoms with Crippen molar-refractivity contribution in [2.75, 3.05) is 38.0 Å². The third kappa shape index (κ3) is 4.56. The smallest absolute Gasteiger partial charge is 0.321 e. The van der Waals surface area contributed by atoms with Gasteiger partial charge in [0.1, 0.15) is 0 Å². The van der Waals surface area contributed by atoms with Crippen LogP contribution in [0.15, 0.2) is 54.9 Å². The third-order valence-corrected chi connectivity index (χ3v) is 5.75. The van der Waals surface area contributed by atoms with Gasteiger partial charge in [-0.1, -0.05) is 24.3 Å². The molecular formula is C22H27N5O2. The Labute approximate surface area is 171 Å². The molecule has 1 aromatic carbocycles. The lowest BCUT2D eigenvalue weighted by atomic mass is 9.93. The molecule has 152 valence electrons. The first-order valence-corrected chi connectivity index (χ1v) is 10.2. The largest absolute Gasteiger partial charge is 0.333 e. The SMILES string of the molecule is O=C(Nc1ccccc1)N1CCC(C(=O)N2CCNCC2c2cccnc2)CC1. The number of rotatable bonds is 3. The van der Waals surface area contributed by atoms with E-state index in [1.54, 1.807) is 11.1 Å². The summed E-state index contributed by atoms with van der Waals surface area (Å²) in [6, 6.07) is 13.3. The number of likely N-dealkylation sites (tertiary alicyclic amines) is 1. The molecule has 7 heteroatoms. The maximum absolute atomic E-state index is 13.3. The summed E-state index contributed by atoms with van der Waals surface area (Å²) in [5.74, 6) is 0.163. The van der Waals surface area contributed by atoms with Gasteiger partial charge in [0, 0.05) is 56.7 Å². The van der Waals surface area contributed by atoms with Gasteiger partial charge < -0.3 is 20.4 Å². The van der Waals surface area contributed by atoms with Crippen LogP contribution in [0.25, 0.3) is 0 Å². The maximum atomic E-state index is 13.3. The molecule has 1 atom stereocenters. The van der Waals surface area contributed by atoms with Crippen LogP contribution >= 0.6 is 0 Å². The normalized spacial score (nSPS) is 20.3. The topological polar surface area (TPSA) is 77.6 Å². The second-order valence-corrected chi connectivity index (χ2v) is 7.60. The predicted molar refractivity (Wildman–Crippen MR) is 111 cm³/mol.